The van der Waals surface area contributed by atoms with Crippen LogP contribution in [0.1, 0.15) is 15.9 Å². The van der Waals surface area contributed by atoms with E-state index in [1.165, 1.54) is 57.7 Å². The number of hydrogen-bond acceptors (Lipinski definition) is 8. The third-order valence-electron chi connectivity index (χ3n) is 4.66. The molecule has 1 amide bonds. The number of halogens is 1. The minimum atomic E-state index is -3.62. The van der Waals surface area contributed by atoms with Crippen molar-refractivity contribution in [1.29, 1.82) is 0 Å². The predicted molar refractivity (Wildman–Crippen MR) is 120 cm³/mol. The van der Waals surface area contributed by atoms with Crippen LogP contribution in [0.3, 0.4) is 0 Å². The first-order valence-corrected chi connectivity index (χ1v) is 12.9. The Kier molecular flexibility index (Phi) is 7.16. The molecule has 168 valence electrons. The fraction of sp³-hybridized carbons (Fsp3) is 0.250. The Morgan fingerprint density at radius 3 is 2.56 bits per heavy atom. The van der Waals surface area contributed by atoms with E-state index in [-0.39, 0.29) is 10.7 Å². The van der Waals surface area contributed by atoms with Crippen LogP contribution in [-0.2, 0) is 20.5 Å². The molecule has 3 aromatic rings. The van der Waals surface area contributed by atoms with Crippen molar-refractivity contribution in [2.24, 2.45) is 0 Å². The first kappa shape index (κ1) is 22.8. The second kappa shape index (κ2) is 10.0. The van der Waals surface area contributed by atoms with E-state index in [1.54, 1.807) is 18.2 Å². The number of rotatable bonds is 7. The number of carbonyl (C=O) groups is 1. The van der Waals surface area contributed by atoms with Gasteiger partial charge in [-0.1, -0.05) is 41.3 Å². The standard InChI is InChI=1S/C20H19FN4O4S3/c21-17-4-2-1-3-15(17)13-30-20-24-23-19(31-20)22-18(26)14-5-7-16(8-6-14)32(27,28)25-9-11-29-12-10-25/h1-8H,9-13H2,(H,22,23,26). The van der Waals surface area contributed by atoms with Crippen molar-refractivity contribution in [3.05, 3.63) is 65.5 Å². The summed E-state index contributed by atoms with van der Waals surface area (Å²) in [6.07, 6.45) is 0. The molecule has 0 bridgehead atoms. The Hall–Kier alpha value is -2.38. The van der Waals surface area contributed by atoms with Gasteiger partial charge >= 0.3 is 0 Å². The number of aromatic nitrogens is 2. The number of carbonyl (C=O) groups excluding carboxylic acids is 1. The fourth-order valence-corrected chi connectivity index (χ4v) is 6.10. The molecule has 0 aliphatic carbocycles. The number of sulfonamides is 1. The highest BCUT2D eigenvalue weighted by molar-refractivity contribution is 8.00. The van der Waals surface area contributed by atoms with Crippen molar-refractivity contribution in [3.63, 3.8) is 0 Å². The van der Waals surface area contributed by atoms with Crippen LogP contribution in [0.25, 0.3) is 0 Å². The van der Waals surface area contributed by atoms with Crippen LogP contribution in [0.2, 0.25) is 0 Å². The van der Waals surface area contributed by atoms with E-state index >= 15 is 0 Å². The third kappa shape index (κ3) is 5.33. The van der Waals surface area contributed by atoms with Gasteiger partial charge in [0, 0.05) is 24.4 Å². The number of thioether (sulfide) groups is 1. The largest absolute Gasteiger partial charge is 0.379 e. The van der Waals surface area contributed by atoms with E-state index in [0.717, 1.165) is 0 Å². The lowest BCUT2D eigenvalue weighted by Crippen LogP contribution is -2.40. The maximum absolute atomic E-state index is 13.7. The fourth-order valence-electron chi connectivity index (χ4n) is 2.96. The van der Waals surface area contributed by atoms with Gasteiger partial charge in [0.2, 0.25) is 15.2 Å². The Labute approximate surface area is 192 Å². The zero-order valence-electron chi connectivity index (χ0n) is 16.7. The molecule has 2 heterocycles. The van der Waals surface area contributed by atoms with E-state index in [1.807, 2.05) is 0 Å². The Bertz CT molecular complexity index is 1200. The van der Waals surface area contributed by atoms with Crippen LogP contribution in [0, 0.1) is 5.82 Å². The maximum atomic E-state index is 13.7. The van der Waals surface area contributed by atoms with Crippen LogP contribution in [0.5, 0.6) is 0 Å². The Morgan fingerprint density at radius 2 is 1.84 bits per heavy atom. The monoisotopic (exact) mass is 494 g/mol. The third-order valence-corrected chi connectivity index (χ3v) is 8.59. The van der Waals surface area contributed by atoms with Crippen molar-refractivity contribution in [3.8, 4) is 0 Å². The van der Waals surface area contributed by atoms with Crippen molar-refractivity contribution < 1.29 is 22.3 Å². The summed E-state index contributed by atoms with van der Waals surface area (Å²) in [5.41, 5.74) is 0.854. The summed E-state index contributed by atoms with van der Waals surface area (Å²) >= 11 is 2.50. The lowest BCUT2D eigenvalue weighted by molar-refractivity contribution is 0.0730. The zero-order chi connectivity index (χ0) is 22.6. The van der Waals surface area contributed by atoms with E-state index in [4.69, 9.17) is 4.74 Å². The summed E-state index contributed by atoms with van der Waals surface area (Å²) in [6.45, 7) is 1.34. The van der Waals surface area contributed by atoms with Gasteiger partial charge in [-0.25, -0.2) is 12.8 Å². The van der Waals surface area contributed by atoms with E-state index in [0.29, 0.717) is 52.7 Å². The molecule has 12 heteroatoms. The van der Waals surface area contributed by atoms with Crippen molar-refractivity contribution in [2.45, 2.75) is 15.0 Å². The molecule has 0 unspecified atom stereocenters. The first-order valence-electron chi connectivity index (χ1n) is 9.62. The average molecular weight is 495 g/mol. The molecule has 1 aliphatic rings. The van der Waals surface area contributed by atoms with E-state index < -0.39 is 15.9 Å². The molecule has 1 fully saturated rings. The predicted octanol–water partition coefficient (Wildman–Crippen LogP) is 3.24. The molecule has 4 rings (SSSR count). The second-order valence-corrected chi connectivity index (χ2v) is 10.9. The van der Waals surface area contributed by atoms with Crippen LogP contribution in [0.15, 0.2) is 57.8 Å². The molecule has 1 N–H and O–H groups in total. The highest BCUT2D eigenvalue weighted by Gasteiger charge is 2.26. The van der Waals surface area contributed by atoms with Crippen molar-refractivity contribution in [1.82, 2.24) is 14.5 Å². The molecule has 1 aliphatic heterocycles. The van der Waals surface area contributed by atoms with Crippen LogP contribution >= 0.6 is 23.1 Å². The van der Waals surface area contributed by atoms with Gasteiger partial charge in [-0.2, -0.15) is 4.31 Å². The van der Waals surface area contributed by atoms with E-state index in [2.05, 4.69) is 15.5 Å². The van der Waals surface area contributed by atoms with Gasteiger partial charge in [0.05, 0.1) is 18.1 Å². The number of amides is 1. The molecule has 2 aromatic carbocycles. The molecule has 1 saturated heterocycles. The Morgan fingerprint density at radius 1 is 1.12 bits per heavy atom. The summed E-state index contributed by atoms with van der Waals surface area (Å²) in [7, 11) is -3.62. The molecular formula is C20H19FN4O4S3. The van der Waals surface area contributed by atoms with E-state index in [9.17, 15) is 17.6 Å². The number of ether oxygens (including phenoxy) is 1. The van der Waals surface area contributed by atoms with Gasteiger partial charge < -0.3 is 4.74 Å². The Balaban J connectivity index is 1.36. The summed E-state index contributed by atoms with van der Waals surface area (Å²) < 4.78 is 46.2. The highest BCUT2D eigenvalue weighted by Crippen LogP contribution is 2.29. The number of morpholine rings is 1. The SMILES string of the molecule is O=C(Nc1nnc(SCc2ccccc2F)s1)c1ccc(S(=O)(=O)N2CCOCC2)cc1. The summed E-state index contributed by atoms with van der Waals surface area (Å²) in [5.74, 6) is -0.312. The zero-order valence-corrected chi connectivity index (χ0v) is 19.2. The number of nitrogens with one attached hydrogen (secondary N) is 1. The van der Waals surface area contributed by atoms with Gasteiger partial charge in [0.1, 0.15) is 5.82 Å². The van der Waals surface area contributed by atoms with Gasteiger partial charge in [-0.15, -0.1) is 10.2 Å². The van der Waals surface area contributed by atoms with Crippen LogP contribution in [0.4, 0.5) is 9.52 Å². The van der Waals surface area contributed by atoms with Gasteiger partial charge in [0.25, 0.3) is 5.91 Å². The lowest BCUT2D eigenvalue weighted by atomic mass is 10.2. The molecular weight excluding hydrogens is 475 g/mol. The number of anilines is 1. The van der Waals surface area contributed by atoms with Gasteiger partial charge in [-0.05, 0) is 35.9 Å². The second-order valence-electron chi connectivity index (χ2n) is 6.75. The molecule has 8 nitrogen and oxygen atoms in total. The van der Waals surface area contributed by atoms with Crippen molar-refractivity contribution in [2.75, 3.05) is 31.6 Å². The van der Waals surface area contributed by atoms with Crippen molar-refractivity contribution >= 4 is 44.2 Å². The minimum Gasteiger partial charge on any atom is -0.379 e. The topological polar surface area (TPSA) is 101 Å². The molecule has 0 atom stereocenters. The van der Waals surface area contributed by atoms with Crippen LogP contribution < -0.4 is 5.32 Å². The number of hydrogen-bond donors (Lipinski definition) is 1. The summed E-state index contributed by atoms with van der Waals surface area (Å²) in [6, 6.07) is 12.2. The normalized spacial score (nSPS) is 14.9. The number of nitrogens with zero attached hydrogens (tertiary/aromatic N) is 3. The smallest absolute Gasteiger partial charge is 0.257 e. The minimum absolute atomic E-state index is 0.124. The lowest BCUT2D eigenvalue weighted by Gasteiger charge is -2.26. The van der Waals surface area contributed by atoms with Gasteiger partial charge in [0.15, 0.2) is 4.34 Å². The molecule has 32 heavy (non-hydrogen) atoms. The quantitative estimate of drug-likeness (QED) is 0.397. The summed E-state index contributed by atoms with van der Waals surface area (Å²) in [4.78, 5) is 12.6. The molecule has 1 aromatic heterocycles. The summed E-state index contributed by atoms with van der Waals surface area (Å²) in [5, 5.41) is 10.9. The number of benzene rings is 2. The maximum Gasteiger partial charge on any atom is 0.257 e. The first-order chi connectivity index (χ1) is 15.4. The molecule has 0 spiro atoms. The van der Waals surface area contributed by atoms with Crippen LogP contribution in [-0.4, -0.2) is 55.1 Å². The molecule has 0 radical (unpaired) electrons. The average Bonchev–Trinajstić information content (AvgIpc) is 3.26. The molecule has 0 saturated carbocycles. The highest BCUT2D eigenvalue weighted by atomic mass is 32.2. The van der Waals surface area contributed by atoms with Gasteiger partial charge in [-0.3, -0.25) is 10.1 Å².